The first-order chi connectivity index (χ1) is 12.7. The predicted molar refractivity (Wildman–Crippen MR) is 101 cm³/mol. The van der Waals surface area contributed by atoms with Crippen LogP contribution in [0, 0.1) is 0 Å². The molecule has 126 valence electrons. The quantitative estimate of drug-likeness (QED) is 0.592. The Hall–Kier alpha value is -3.66. The number of aromatic nitrogens is 2. The van der Waals surface area contributed by atoms with Gasteiger partial charge in [0, 0.05) is 16.7 Å². The van der Waals surface area contributed by atoms with Gasteiger partial charge in [0.05, 0.1) is 11.4 Å². The summed E-state index contributed by atoms with van der Waals surface area (Å²) in [6.45, 7) is 0. The Morgan fingerprint density at radius 2 is 1.38 bits per heavy atom. The van der Waals surface area contributed by atoms with Crippen LogP contribution in [-0.4, -0.2) is 20.8 Å². The molecule has 0 saturated carbocycles. The van der Waals surface area contributed by atoms with Crippen LogP contribution < -0.4 is 0 Å². The van der Waals surface area contributed by atoms with E-state index in [4.69, 9.17) is 0 Å². The highest BCUT2D eigenvalue weighted by Gasteiger charge is 2.18. The highest BCUT2D eigenvalue weighted by molar-refractivity contribution is 5.98. The molecule has 0 saturated heterocycles. The summed E-state index contributed by atoms with van der Waals surface area (Å²) in [5, 5.41) is 14.1. The number of carbonyl (C=O) groups excluding carboxylic acids is 1. The number of phenols is 1. The Morgan fingerprint density at radius 1 is 0.769 bits per heavy atom. The molecular formula is C22H16N2O2. The van der Waals surface area contributed by atoms with Crippen LogP contribution in [0.2, 0.25) is 0 Å². The average Bonchev–Trinajstić information content (AvgIpc) is 3.15. The molecule has 0 aliphatic rings. The number of carbonyl (C=O) groups is 1. The lowest BCUT2D eigenvalue weighted by Gasteiger charge is -2.06. The minimum absolute atomic E-state index is 0.178. The fraction of sp³-hybridized carbons (Fsp3) is 0. The first kappa shape index (κ1) is 15.8. The van der Waals surface area contributed by atoms with Gasteiger partial charge in [0.25, 0.3) is 5.91 Å². The number of aromatic hydroxyl groups is 1. The van der Waals surface area contributed by atoms with Crippen molar-refractivity contribution in [3.8, 4) is 28.3 Å². The number of hydrogen-bond acceptors (Lipinski definition) is 3. The highest BCUT2D eigenvalue weighted by atomic mass is 16.3. The second kappa shape index (κ2) is 6.69. The van der Waals surface area contributed by atoms with Gasteiger partial charge in [0.1, 0.15) is 5.75 Å². The van der Waals surface area contributed by atoms with Crippen molar-refractivity contribution >= 4 is 5.91 Å². The van der Waals surface area contributed by atoms with Crippen LogP contribution in [-0.2, 0) is 0 Å². The van der Waals surface area contributed by atoms with Gasteiger partial charge in [-0.25, -0.2) is 0 Å². The molecule has 0 atom stereocenters. The number of phenolic OH excluding ortho intramolecular Hbond substituents is 1. The van der Waals surface area contributed by atoms with Crippen molar-refractivity contribution in [2.24, 2.45) is 0 Å². The smallest absolute Gasteiger partial charge is 0.278 e. The number of nitrogens with zero attached hydrogens (tertiary/aromatic N) is 2. The van der Waals surface area contributed by atoms with Crippen molar-refractivity contribution in [1.82, 2.24) is 9.78 Å². The summed E-state index contributed by atoms with van der Waals surface area (Å²) in [6, 6.07) is 27.4. The summed E-state index contributed by atoms with van der Waals surface area (Å²) >= 11 is 0. The maximum Gasteiger partial charge on any atom is 0.278 e. The molecule has 0 radical (unpaired) electrons. The molecule has 1 heterocycles. The van der Waals surface area contributed by atoms with E-state index in [0.29, 0.717) is 11.3 Å². The zero-order chi connectivity index (χ0) is 17.9. The molecule has 1 N–H and O–H groups in total. The largest absolute Gasteiger partial charge is 0.508 e. The molecule has 0 amide bonds. The molecule has 4 aromatic rings. The molecule has 1 aromatic heterocycles. The van der Waals surface area contributed by atoms with Crippen LogP contribution in [0.5, 0.6) is 5.75 Å². The maximum atomic E-state index is 13.0. The van der Waals surface area contributed by atoms with E-state index in [1.54, 1.807) is 36.4 Å². The van der Waals surface area contributed by atoms with Crippen molar-refractivity contribution < 1.29 is 9.90 Å². The molecule has 4 nitrogen and oxygen atoms in total. The Kier molecular flexibility index (Phi) is 4.07. The van der Waals surface area contributed by atoms with Crippen LogP contribution in [0.4, 0.5) is 0 Å². The average molecular weight is 340 g/mol. The second-order valence-electron chi connectivity index (χ2n) is 5.91. The minimum atomic E-state index is -0.198. The van der Waals surface area contributed by atoms with E-state index in [9.17, 15) is 9.90 Å². The summed E-state index contributed by atoms with van der Waals surface area (Å²) in [5.41, 5.74) is 3.71. The molecule has 0 spiro atoms. The lowest BCUT2D eigenvalue weighted by atomic mass is 10.1. The summed E-state index contributed by atoms with van der Waals surface area (Å²) < 4.78 is 1.42. The van der Waals surface area contributed by atoms with E-state index >= 15 is 0 Å². The topological polar surface area (TPSA) is 55.1 Å². The van der Waals surface area contributed by atoms with Crippen molar-refractivity contribution in [2.75, 3.05) is 0 Å². The van der Waals surface area contributed by atoms with Crippen LogP contribution in [0.1, 0.15) is 10.4 Å². The lowest BCUT2D eigenvalue weighted by molar-refractivity contribution is 0.0947. The highest BCUT2D eigenvalue weighted by Crippen LogP contribution is 2.28. The van der Waals surface area contributed by atoms with Crippen LogP contribution in [0.15, 0.2) is 91.0 Å². The lowest BCUT2D eigenvalue weighted by Crippen LogP contribution is -2.14. The molecule has 0 unspecified atom stereocenters. The van der Waals surface area contributed by atoms with Gasteiger partial charge in [-0.2, -0.15) is 9.78 Å². The van der Waals surface area contributed by atoms with Crippen molar-refractivity contribution in [3.63, 3.8) is 0 Å². The first-order valence-corrected chi connectivity index (χ1v) is 8.27. The molecule has 26 heavy (non-hydrogen) atoms. The molecule has 4 rings (SSSR count). The van der Waals surface area contributed by atoms with Crippen molar-refractivity contribution in [1.29, 1.82) is 0 Å². The summed E-state index contributed by atoms with van der Waals surface area (Å²) in [5.74, 6) is -0.0201. The monoisotopic (exact) mass is 340 g/mol. The van der Waals surface area contributed by atoms with Gasteiger partial charge in [-0.15, -0.1) is 0 Å². The van der Waals surface area contributed by atoms with Crippen LogP contribution in [0.25, 0.3) is 22.5 Å². The van der Waals surface area contributed by atoms with Gasteiger partial charge in [0.15, 0.2) is 0 Å². The van der Waals surface area contributed by atoms with Crippen LogP contribution in [0.3, 0.4) is 0 Å². The summed E-state index contributed by atoms with van der Waals surface area (Å²) in [7, 11) is 0. The third-order valence-corrected chi connectivity index (χ3v) is 4.16. The number of rotatable bonds is 3. The number of hydrogen-bond donors (Lipinski definition) is 1. The van der Waals surface area contributed by atoms with E-state index < -0.39 is 0 Å². The Labute approximate surface area is 151 Å². The Balaban J connectivity index is 1.87. The molecule has 0 aliphatic carbocycles. The Morgan fingerprint density at radius 3 is 2.04 bits per heavy atom. The fourth-order valence-corrected chi connectivity index (χ4v) is 2.83. The maximum absolute atomic E-state index is 13.0. The van der Waals surface area contributed by atoms with Gasteiger partial charge >= 0.3 is 0 Å². The predicted octanol–water partition coefficient (Wildman–Crippen LogP) is 4.61. The Bertz CT molecular complexity index is 1040. The van der Waals surface area contributed by atoms with E-state index in [1.165, 1.54) is 4.68 Å². The van der Waals surface area contributed by atoms with Gasteiger partial charge in [0.2, 0.25) is 0 Å². The molecular weight excluding hydrogens is 324 g/mol. The minimum Gasteiger partial charge on any atom is -0.508 e. The van der Waals surface area contributed by atoms with E-state index in [1.807, 2.05) is 54.6 Å². The standard InChI is InChI=1S/C22H16N2O2/c25-19-13-11-17(12-14-19)21-15-20(16-7-3-1-4-8-16)23-24(21)22(26)18-9-5-2-6-10-18/h1-15,25H. The SMILES string of the molecule is O=C(c1ccccc1)n1nc(-c2ccccc2)cc1-c1ccc(O)cc1. The molecule has 3 aromatic carbocycles. The van der Waals surface area contributed by atoms with E-state index in [-0.39, 0.29) is 11.7 Å². The van der Waals surface area contributed by atoms with Gasteiger partial charge in [-0.1, -0.05) is 48.5 Å². The van der Waals surface area contributed by atoms with Gasteiger partial charge in [-0.05, 0) is 42.5 Å². The first-order valence-electron chi connectivity index (χ1n) is 8.27. The van der Waals surface area contributed by atoms with Gasteiger partial charge in [-0.3, -0.25) is 4.79 Å². The fourth-order valence-electron chi connectivity index (χ4n) is 2.83. The van der Waals surface area contributed by atoms with Crippen LogP contribution >= 0.6 is 0 Å². The molecule has 4 heteroatoms. The summed E-state index contributed by atoms with van der Waals surface area (Å²) in [6.07, 6.45) is 0. The molecule has 0 bridgehead atoms. The normalized spacial score (nSPS) is 10.6. The second-order valence-corrected chi connectivity index (χ2v) is 5.91. The third-order valence-electron chi connectivity index (χ3n) is 4.16. The zero-order valence-electron chi connectivity index (χ0n) is 13.9. The third kappa shape index (κ3) is 3.00. The van der Waals surface area contributed by atoms with Gasteiger partial charge < -0.3 is 5.11 Å². The number of benzene rings is 3. The molecule has 0 fully saturated rings. The van der Waals surface area contributed by atoms with E-state index in [0.717, 1.165) is 16.8 Å². The summed E-state index contributed by atoms with van der Waals surface area (Å²) in [4.78, 5) is 13.0. The molecule has 0 aliphatic heterocycles. The van der Waals surface area contributed by atoms with Crippen molar-refractivity contribution in [2.45, 2.75) is 0 Å². The van der Waals surface area contributed by atoms with E-state index in [2.05, 4.69) is 5.10 Å². The van der Waals surface area contributed by atoms with Crippen molar-refractivity contribution in [3.05, 3.63) is 96.6 Å². The zero-order valence-corrected chi connectivity index (χ0v) is 13.9.